The molecule has 3 fully saturated rings. The summed E-state index contributed by atoms with van der Waals surface area (Å²) in [5.74, 6) is -2.53. The Morgan fingerprint density at radius 2 is 1.87 bits per heavy atom. The third-order valence-electron chi connectivity index (χ3n) is 9.24. The summed E-state index contributed by atoms with van der Waals surface area (Å²) in [4.78, 5) is 24.6. The van der Waals surface area contributed by atoms with E-state index >= 15 is 0 Å². The second-order valence-electron chi connectivity index (χ2n) is 12.5. The molecule has 8 nitrogen and oxygen atoms in total. The van der Waals surface area contributed by atoms with Crippen LogP contribution in [0.5, 0.6) is 5.88 Å². The van der Waals surface area contributed by atoms with E-state index in [1.165, 1.54) is 6.07 Å². The maximum atomic E-state index is 14.2. The highest BCUT2D eigenvalue weighted by atomic mass is 35.5. The molecule has 12 heteroatoms. The number of halogens is 4. The van der Waals surface area contributed by atoms with Crippen LogP contribution in [-0.4, -0.2) is 57.1 Å². The molecule has 1 amide bonds. The van der Waals surface area contributed by atoms with Gasteiger partial charge in [0, 0.05) is 59.3 Å². The molecular formula is C34H35ClF3N5O3. The lowest BCUT2D eigenvalue weighted by atomic mass is 9.81. The highest BCUT2D eigenvalue weighted by Gasteiger charge is 2.48. The molecule has 1 N–H and O–H groups in total. The Labute approximate surface area is 269 Å². The molecule has 242 valence electrons. The number of benzene rings is 2. The zero-order valence-electron chi connectivity index (χ0n) is 25.2. The zero-order chi connectivity index (χ0) is 31.8. The highest BCUT2D eigenvalue weighted by Crippen LogP contribution is 2.43. The number of hydrogen-bond acceptors (Lipinski definition) is 6. The molecule has 0 radical (unpaired) electrons. The molecular weight excluding hydrogens is 619 g/mol. The Kier molecular flexibility index (Phi) is 8.65. The largest absolute Gasteiger partial charge is 0.473 e. The van der Waals surface area contributed by atoms with E-state index in [2.05, 4.69) is 14.8 Å². The average molecular weight is 654 g/mol. The summed E-state index contributed by atoms with van der Waals surface area (Å²) in [7, 11) is 0. The van der Waals surface area contributed by atoms with E-state index in [4.69, 9.17) is 31.0 Å². The fourth-order valence-corrected chi connectivity index (χ4v) is 6.58. The Morgan fingerprint density at radius 3 is 2.59 bits per heavy atom. The minimum atomic E-state index is -2.74. The molecule has 1 saturated carbocycles. The number of nitrogens with one attached hydrogen (secondary N) is 1. The topological polar surface area (TPSA) is 81.5 Å². The number of fused-ring (bicyclic) bond motifs is 1. The van der Waals surface area contributed by atoms with Crippen LogP contribution < -0.4 is 10.1 Å². The van der Waals surface area contributed by atoms with E-state index in [9.17, 15) is 18.0 Å². The second kappa shape index (κ2) is 12.8. The van der Waals surface area contributed by atoms with Crippen molar-refractivity contribution in [1.82, 2.24) is 19.4 Å². The van der Waals surface area contributed by atoms with Gasteiger partial charge in [0.2, 0.25) is 17.7 Å². The quantitative estimate of drug-likeness (QED) is 0.199. The number of ether oxygens (including phenoxy) is 2. The van der Waals surface area contributed by atoms with E-state index in [0.29, 0.717) is 35.2 Å². The van der Waals surface area contributed by atoms with Crippen molar-refractivity contribution in [2.75, 3.05) is 25.0 Å². The fraction of sp³-hybridized carbons (Fsp3) is 0.441. The van der Waals surface area contributed by atoms with Crippen LogP contribution in [-0.2, 0) is 29.2 Å². The molecule has 1 aliphatic carbocycles. The maximum Gasteiger partial charge on any atom is 0.249 e. The van der Waals surface area contributed by atoms with Gasteiger partial charge in [-0.25, -0.2) is 23.1 Å². The fourth-order valence-electron chi connectivity index (χ4n) is 6.42. The molecule has 46 heavy (non-hydrogen) atoms. The van der Waals surface area contributed by atoms with Crippen molar-refractivity contribution in [1.29, 1.82) is 0 Å². The summed E-state index contributed by atoms with van der Waals surface area (Å²) in [6.07, 6.45) is 2.17. The van der Waals surface area contributed by atoms with Gasteiger partial charge in [-0.1, -0.05) is 23.7 Å². The van der Waals surface area contributed by atoms with Gasteiger partial charge < -0.3 is 19.4 Å². The molecule has 0 bridgehead atoms. The number of anilines is 1. The third kappa shape index (κ3) is 6.86. The number of rotatable bonds is 10. The van der Waals surface area contributed by atoms with Crippen LogP contribution in [0.3, 0.4) is 0 Å². The van der Waals surface area contributed by atoms with Gasteiger partial charge >= 0.3 is 0 Å². The lowest BCUT2D eigenvalue weighted by molar-refractivity contribution is -0.145. The first-order chi connectivity index (χ1) is 22.2. The first kappa shape index (κ1) is 31.0. The summed E-state index contributed by atoms with van der Waals surface area (Å²) in [5.41, 5.74) is 3.64. The first-order valence-electron chi connectivity index (χ1n) is 15.7. The number of likely N-dealkylation sites (tertiary alicyclic amines) is 1. The van der Waals surface area contributed by atoms with Crippen LogP contribution in [0.2, 0.25) is 5.02 Å². The van der Waals surface area contributed by atoms with E-state index in [-0.39, 0.29) is 24.5 Å². The van der Waals surface area contributed by atoms with Gasteiger partial charge in [-0.3, -0.25) is 9.69 Å². The van der Waals surface area contributed by atoms with Crippen molar-refractivity contribution < 1.29 is 27.4 Å². The first-order valence-corrected chi connectivity index (χ1v) is 16.1. The van der Waals surface area contributed by atoms with Gasteiger partial charge in [0.25, 0.3) is 0 Å². The summed E-state index contributed by atoms with van der Waals surface area (Å²) in [6.45, 7) is 3.92. The van der Waals surface area contributed by atoms with Crippen LogP contribution in [0.25, 0.3) is 11.0 Å². The molecule has 2 aliphatic heterocycles. The SMILES string of the molecule is O=C(Nc1ccc2c(c1)nc(CN1CCC(c3cccc(OCc4ccc(Cl)cc4F)n3)CC1)n2C[C@@H]1CCO1)C1CC(F)(F)C1. The Morgan fingerprint density at radius 1 is 1.07 bits per heavy atom. The number of amides is 1. The lowest BCUT2D eigenvalue weighted by Crippen LogP contribution is -2.42. The smallest absolute Gasteiger partial charge is 0.249 e. The molecule has 2 saturated heterocycles. The number of carbonyl (C=O) groups excluding carboxylic acids is 1. The predicted octanol–water partition coefficient (Wildman–Crippen LogP) is 6.96. The van der Waals surface area contributed by atoms with E-state index in [1.807, 2.05) is 30.3 Å². The monoisotopic (exact) mass is 653 g/mol. The van der Waals surface area contributed by atoms with Crippen LogP contribution in [0.1, 0.15) is 55.1 Å². The average Bonchev–Trinajstić information content (AvgIpc) is 3.33. The number of aromatic nitrogens is 3. The van der Waals surface area contributed by atoms with Gasteiger partial charge in [0.1, 0.15) is 18.2 Å². The van der Waals surface area contributed by atoms with Gasteiger partial charge in [-0.2, -0.15) is 0 Å². The number of piperidine rings is 1. The Hall–Kier alpha value is -3.67. The van der Waals surface area contributed by atoms with Crippen molar-refractivity contribution in [3.63, 3.8) is 0 Å². The summed E-state index contributed by atoms with van der Waals surface area (Å²) < 4.78 is 54.5. The second-order valence-corrected chi connectivity index (χ2v) is 13.0. The number of imidazole rings is 1. The Bertz CT molecular complexity index is 1730. The highest BCUT2D eigenvalue weighted by molar-refractivity contribution is 6.30. The summed E-state index contributed by atoms with van der Waals surface area (Å²) in [6, 6.07) is 15.8. The van der Waals surface area contributed by atoms with Crippen LogP contribution in [0, 0.1) is 11.7 Å². The molecule has 7 rings (SSSR count). The van der Waals surface area contributed by atoms with Crippen LogP contribution in [0.15, 0.2) is 54.6 Å². The third-order valence-corrected chi connectivity index (χ3v) is 9.48. The molecule has 2 aromatic carbocycles. The number of hydrogen-bond donors (Lipinski definition) is 1. The van der Waals surface area contributed by atoms with Crippen molar-refractivity contribution in [3.05, 3.63) is 82.5 Å². The van der Waals surface area contributed by atoms with Gasteiger partial charge in [0.05, 0.1) is 30.2 Å². The van der Waals surface area contributed by atoms with Crippen molar-refractivity contribution in [2.45, 2.75) is 69.7 Å². The number of carbonyl (C=O) groups is 1. The Balaban J connectivity index is 0.993. The number of nitrogens with zero attached hydrogens (tertiary/aromatic N) is 4. The molecule has 1 atom stereocenters. The number of pyridine rings is 1. The van der Waals surface area contributed by atoms with E-state index in [1.54, 1.807) is 18.2 Å². The lowest BCUT2D eigenvalue weighted by Gasteiger charge is -2.33. The van der Waals surface area contributed by atoms with E-state index < -0.39 is 30.5 Å². The number of alkyl halides is 2. The summed E-state index contributed by atoms with van der Waals surface area (Å²) in [5, 5.41) is 3.14. The van der Waals surface area contributed by atoms with Crippen LogP contribution >= 0.6 is 11.6 Å². The predicted molar refractivity (Wildman–Crippen MR) is 168 cm³/mol. The minimum Gasteiger partial charge on any atom is -0.473 e. The normalized spacial score (nSPS) is 20.3. The summed E-state index contributed by atoms with van der Waals surface area (Å²) >= 11 is 5.86. The van der Waals surface area contributed by atoms with Gasteiger partial charge in [-0.05, 0) is 68.8 Å². The minimum absolute atomic E-state index is 0.0676. The van der Waals surface area contributed by atoms with E-state index in [0.717, 1.165) is 61.5 Å². The molecule has 4 aromatic rings. The zero-order valence-corrected chi connectivity index (χ0v) is 26.0. The molecule has 0 spiro atoms. The standard InChI is InChI=1S/C34H35ClF3N5O3/c35-24-5-4-22(27(36)14-24)20-46-32-3-1-2-28(41-32)21-8-11-42(12-9-21)19-31-40-29-15-25(39-33(44)23-16-34(37,38)17-23)6-7-30(29)43(31)18-26-10-13-45-26/h1-7,14-15,21,23,26H,8-13,16-20H2,(H,39,44)/t26-/m0/s1. The molecule has 3 aliphatic rings. The molecule has 0 unspecified atom stereocenters. The van der Waals surface area contributed by atoms with Crippen molar-refractivity contribution in [2.24, 2.45) is 5.92 Å². The molecule has 2 aromatic heterocycles. The van der Waals surface area contributed by atoms with Crippen LogP contribution in [0.4, 0.5) is 18.9 Å². The van der Waals surface area contributed by atoms with Crippen molar-refractivity contribution >= 4 is 34.2 Å². The maximum absolute atomic E-state index is 14.2. The van der Waals surface area contributed by atoms with Gasteiger partial charge in [0.15, 0.2) is 0 Å². The molecule has 4 heterocycles. The van der Waals surface area contributed by atoms with Crippen molar-refractivity contribution in [3.8, 4) is 5.88 Å². The van der Waals surface area contributed by atoms with Gasteiger partial charge in [-0.15, -0.1) is 0 Å².